The topological polar surface area (TPSA) is 55.4 Å². The Balaban J connectivity index is 1.82. The maximum atomic E-state index is 15.2. The van der Waals surface area contributed by atoms with Crippen molar-refractivity contribution in [1.82, 2.24) is 5.32 Å². The number of hydrogen-bond donors (Lipinski definition) is 1. The molecule has 0 amide bonds. The number of allylic oxidation sites excluding steroid dienone is 2. The van der Waals surface area contributed by atoms with E-state index in [4.69, 9.17) is 16.3 Å². The average Bonchev–Trinajstić information content (AvgIpc) is 3.10. The van der Waals surface area contributed by atoms with Crippen LogP contribution in [-0.2, 0) is 14.6 Å². The van der Waals surface area contributed by atoms with Crippen molar-refractivity contribution in [2.24, 2.45) is 5.92 Å². The predicted molar refractivity (Wildman–Crippen MR) is 109 cm³/mol. The molecule has 1 N–H and O–H groups in total. The summed E-state index contributed by atoms with van der Waals surface area (Å²) in [4.78, 5) is 0.0160. The molecule has 2 atom stereocenters. The largest absolute Gasteiger partial charge is 0.489 e. The number of ether oxygens (including phenoxy) is 1. The normalized spacial score (nSPS) is 25.2. The molecule has 156 valence electrons. The van der Waals surface area contributed by atoms with Crippen molar-refractivity contribution in [2.45, 2.75) is 28.9 Å². The van der Waals surface area contributed by atoms with Gasteiger partial charge in [-0.2, -0.15) is 0 Å². The van der Waals surface area contributed by atoms with Crippen LogP contribution in [0.2, 0.25) is 5.02 Å². The summed E-state index contributed by atoms with van der Waals surface area (Å²) < 4.78 is 62.0. The van der Waals surface area contributed by atoms with E-state index in [1.165, 1.54) is 24.3 Å². The van der Waals surface area contributed by atoms with E-state index in [1.54, 1.807) is 0 Å². The van der Waals surface area contributed by atoms with Crippen molar-refractivity contribution in [1.29, 1.82) is 0 Å². The van der Waals surface area contributed by atoms with Crippen LogP contribution in [0.5, 0.6) is 5.75 Å². The molecule has 3 aliphatic rings. The molecule has 5 rings (SSSR count). The van der Waals surface area contributed by atoms with Crippen LogP contribution in [0.15, 0.2) is 64.8 Å². The van der Waals surface area contributed by atoms with Crippen LogP contribution >= 0.6 is 11.6 Å². The molecule has 2 aromatic carbocycles. The summed E-state index contributed by atoms with van der Waals surface area (Å²) in [6.07, 6.45) is 0.930. The van der Waals surface area contributed by atoms with Gasteiger partial charge in [0, 0.05) is 28.8 Å². The van der Waals surface area contributed by atoms with E-state index in [2.05, 4.69) is 11.9 Å². The van der Waals surface area contributed by atoms with Crippen LogP contribution in [0.1, 0.15) is 24.8 Å². The number of rotatable bonds is 2. The van der Waals surface area contributed by atoms with Gasteiger partial charge in [-0.1, -0.05) is 18.2 Å². The first kappa shape index (κ1) is 19.6. The number of sulfone groups is 1. The highest BCUT2D eigenvalue weighted by Crippen LogP contribution is 2.59. The molecule has 0 radical (unpaired) electrons. The van der Waals surface area contributed by atoms with Crippen molar-refractivity contribution < 1.29 is 21.9 Å². The minimum Gasteiger partial charge on any atom is -0.489 e. The first-order valence-electron chi connectivity index (χ1n) is 9.54. The van der Waals surface area contributed by atoms with Crippen molar-refractivity contribution in [3.63, 3.8) is 0 Å². The molecule has 2 heterocycles. The van der Waals surface area contributed by atoms with Crippen molar-refractivity contribution in [3.8, 4) is 5.75 Å². The molecule has 4 nitrogen and oxygen atoms in total. The Bertz CT molecular complexity index is 1220. The third-order valence-corrected chi connectivity index (χ3v) is 9.13. The third kappa shape index (κ3) is 2.51. The van der Waals surface area contributed by atoms with Crippen LogP contribution in [-0.4, -0.2) is 15.0 Å². The maximum absolute atomic E-state index is 15.2. The first-order chi connectivity index (χ1) is 14.3. The first-order valence-corrected chi connectivity index (χ1v) is 11.4. The summed E-state index contributed by atoms with van der Waals surface area (Å²) in [5, 5.41) is 3.59. The summed E-state index contributed by atoms with van der Waals surface area (Å²) in [5.74, 6) is -2.55. The Kier molecular flexibility index (Phi) is 4.28. The van der Waals surface area contributed by atoms with Gasteiger partial charge in [0.1, 0.15) is 10.6 Å². The lowest BCUT2D eigenvalue weighted by molar-refractivity contribution is 0.168. The van der Waals surface area contributed by atoms with Gasteiger partial charge >= 0.3 is 0 Å². The second kappa shape index (κ2) is 6.56. The van der Waals surface area contributed by atoms with Gasteiger partial charge in [0.2, 0.25) is 0 Å². The zero-order valence-corrected chi connectivity index (χ0v) is 17.4. The highest BCUT2D eigenvalue weighted by molar-refractivity contribution is 7.92. The van der Waals surface area contributed by atoms with Crippen LogP contribution < -0.4 is 10.1 Å². The minimum atomic E-state index is -4.15. The van der Waals surface area contributed by atoms with Gasteiger partial charge in [0.05, 0.1) is 17.1 Å². The van der Waals surface area contributed by atoms with Crippen LogP contribution in [0.3, 0.4) is 0 Å². The number of benzene rings is 2. The summed E-state index contributed by atoms with van der Waals surface area (Å²) in [6, 6.07) is 7.71. The highest BCUT2D eigenvalue weighted by atomic mass is 35.5. The average molecular weight is 450 g/mol. The second-order valence-electron chi connectivity index (χ2n) is 7.85. The third-order valence-electron chi connectivity index (χ3n) is 6.33. The van der Waals surface area contributed by atoms with Crippen LogP contribution in [0.25, 0.3) is 0 Å². The lowest BCUT2D eigenvalue weighted by Gasteiger charge is -2.47. The lowest BCUT2D eigenvalue weighted by Crippen LogP contribution is -2.51. The molecular formula is C22H18ClF2NO3S. The van der Waals surface area contributed by atoms with Gasteiger partial charge in [-0.3, -0.25) is 0 Å². The van der Waals surface area contributed by atoms with E-state index in [-0.39, 0.29) is 29.2 Å². The smallest absolute Gasteiger partial charge is 0.189 e. The van der Waals surface area contributed by atoms with E-state index in [0.29, 0.717) is 17.9 Å². The van der Waals surface area contributed by atoms with Gasteiger partial charge in [-0.25, -0.2) is 17.2 Å². The Hall–Kier alpha value is -2.38. The number of nitrogens with one attached hydrogen (secondary N) is 1. The van der Waals surface area contributed by atoms with Crippen LogP contribution in [0, 0.1) is 17.6 Å². The van der Waals surface area contributed by atoms with Crippen LogP contribution in [0.4, 0.5) is 8.78 Å². The SMILES string of the molecule is C=C1CC2=C(CC[C@@]3(S(=O)(=O)c4ccc(Cl)cc4)c4c(F)ccc(F)c4OC[C@@H]23)N1. The lowest BCUT2D eigenvalue weighted by atomic mass is 9.71. The van der Waals surface area contributed by atoms with Crippen molar-refractivity contribution in [3.05, 3.63) is 82.2 Å². The number of hydrogen-bond acceptors (Lipinski definition) is 4. The number of fused-ring (bicyclic) bond motifs is 4. The molecule has 2 aromatic rings. The molecule has 0 saturated heterocycles. The maximum Gasteiger partial charge on any atom is 0.189 e. The number of halogens is 3. The van der Waals surface area contributed by atoms with Gasteiger partial charge in [-0.05, 0) is 54.8 Å². The molecule has 2 aliphatic heterocycles. The summed E-state index contributed by atoms with van der Waals surface area (Å²) in [7, 11) is -4.15. The molecular weight excluding hydrogens is 432 g/mol. The van der Waals surface area contributed by atoms with Crippen molar-refractivity contribution in [2.75, 3.05) is 6.61 Å². The zero-order valence-electron chi connectivity index (χ0n) is 15.8. The fourth-order valence-electron chi connectivity index (χ4n) is 5.05. The van der Waals surface area contributed by atoms with E-state index in [9.17, 15) is 12.8 Å². The standard InChI is InChI=1S/C22H18ClF2NO3S/c1-12-10-15-16-11-29-21-18(25)7-6-17(24)20(21)22(16,9-8-19(15)26-12)30(27,28)14-4-2-13(23)3-5-14/h2-7,16,26H,1,8-11H2/t16-,22-/m0/s1. The molecule has 0 aromatic heterocycles. The van der Waals surface area contributed by atoms with E-state index < -0.39 is 32.1 Å². The monoisotopic (exact) mass is 449 g/mol. The highest BCUT2D eigenvalue weighted by Gasteiger charge is 2.60. The van der Waals surface area contributed by atoms with Crippen molar-refractivity contribution >= 4 is 21.4 Å². The molecule has 0 unspecified atom stereocenters. The molecule has 0 saturated carbocycles. The Morgan fingerprint density at radius 1 is 1.13 bits per heavy atom. The minimum absolute atomic E-state index is 0.0160. The molecule has 8 heteroatoms. The zero-order chi connectivity index (χ0) is 21.3. The fourth-order valence-corrected chi connectivity index (χ4v) is 7.50. The molecule has 0 fully saturated rings. The molecule has 0 bridgehead atoms. The van der Waals surface area contributed by atoms with Gasteiger partial charge in [0.25, 0.3) is 0 Å². The van der Waals surface area contributed by atoms with Gasteiger partial charge < -0.3 is 10.1 Å². The van der Waals surface area contributed by atoms with Gasteiger partial charge in [-0.15, -0.1) is 0 Å². The van der Waals surface area contributed by atoms with E-state index >= 15 is 4.39 Å². The molecule has 0 spiro atoms. The van der Waals surface area contributed by atoms with E-state index in [1.807, 2.05) is 0 Å². The quantitative estimate of drug-likeness (QED) is 0.712. The second-order valence-corrected chi connectivity index (χ2v) is 10.5. The summed E-state index contributed by atoms with van der Waals surface area (Å²) >= 11 is 5.95. The van der Waals surface area contributed by atoms with E-state index in [0.717, 1.165) is 29.1 Å². The predicted octanol–water partition coefficient (Wildman–Crippen LogP) is 4.85. The molecule has 1 aliphatic carbocycles. The fraction of sp³-hybridized carbons (Fsp3) is 0.273. The molecule has 30 heavy (non-hydrogen) atoms. The summed E-state index contributed by atoms with van der Waals surface area (Å²) in [5.41, 5.74) is 2.26. The Morgan fingerprint density at radius 3 is 2.57 bits per heavy atom. The summed E-state index contributed by atoms with van der Waals surface area (Å²) in [6.45, 7) is 3.89. The Labute approximate surface area is 178 Å². The van der Waals surface area contributed by atoms with Gasteiger partial charge in [0.15, 0.2) is 21.4 Å². The Morgan fingerprint density at radius 2 is 1.83 bits per heavy atom.